The van der Waals surface area contributed by atoms with E-state index in [4.69, 9.17) is 5.73 Å². The monoisotopic (exact) mass is 254 g/mol. The predicted octanol–water partition coefficient (Wildman–Crippen LogP) is 2.84. The number of nitrogens with two attached hydrogens (primary N) is 1. The predicted molar refractivity (Wildman–Crippen MR) is 76.2 cm³/mol. The van der Waals surface area contributed by atoms with Gasteiger partial charge in [0, 0.05) is 12.5 Å². The summed E-state index contributed by atoms with van der Waals surface area (Å²) >= 11 is 0. The van der Waals surface area contributed by atoms with Gasteiger partial charge in [-0.3, -0.25) is 4.79 Å². The summed E-state index contributed by atoms with van der Waals surface area (Å²) in [4.78, 5) is 10.6. The summed E-state index contributed by atoms with van der Waals surface area (Å²) in [5.41, 5.74) is 5.62. The molecule has 0 aromatic heterocycles. The molecule has 0 radical (unpaired) electrons. The van der Waals surface area contributed by atoms with Crippen LogP contribution in [0.15, 0.2) is 0 Å². The van der Waals surface area contributed by atoms with Crippen LogP contribution in [-0.4, -0.2) is 18.5 Å². The molecule has 3 N–H and O–H groups in total. The number of primary amides is 1. The molecule has 106 valence electrons. The maximum atomic E-state index is 10.6. The van der Waals surface area contributed by atoms with Crippen molar-refractivity contribution in [3.63, 3.8) is 0 Å². The number of hydrogen-bond donors (Lipinski definition) is 2. The Morgan fingerprint density at radius 1 is 1.28 bits per heavy atom. The van der Waals surface area contributed by atoms with E-state index in [1.807, 2.05) is 0 Å². The van der Waals surface area contributed by atoms with E-state index in [-0.39, 0.29) is 5.91 Å². The molecule has 1 fully saturated rings. The highest BCUT2D eigenvalue weighted by Gasteiger charge is 2.31. The minimum Gasteiger partial charge on any atom is -0.370 e. The Kier molecular flexibility index (Phi) is 6.13. The van der Waals surface area contributed by atoms with E-state index in [2.05, 4.69) is 26.1 Å². The molecule has 0 unspecified atom stereocenters. The number of carbonyl (C=O) groups excluding carboxylic acids is 1. The number of nitrogens with one attached hydrogen (secondary N) is 1. The molecule has 1 rings (SSSR count). The SMILES string of the molecule is CCC(C)(C)C1CCC(NCCCC(N)=O)CC1. The molecule has 1 aliphatic rings. The molecule has 0 bridgehead atoms. The first-order chi connectivity index (χ1) is 8.45. The third-order valence-corrected chi connectivity index (χ3v) is 4.78. The van der Waals surface area contributed by atoms with Crippen LogP contribution in [0.4, 0.5) is 0 Å². The zero-order valence-corrected chi connectivity index (χ0v) is 12.3. The molecule has 3 nitrogen and oxygen atoms in total. The first-order valence-corrected chi connectivity index (χ1v) is 7.47. The van der Waals surface area contributed by atoms with E-state index in [0.29, 0.717) is 17.9 Å². The van der Waals surface area contributed by atoms with E-state index in [1.165, 1.54) is 32.1 Å². The average Bonchev–Trinajstić information content (AvgIpc) is 2.35. The first kappa shape index (κ1) is 15.5. The van der Waals surface area contributed by atoms with Crippen LogP contribution < -0.4 is 11.1 Å². The lowest BCUT2D eigenvalue weighted by Crippen LogP contribution is -2.37. The highest BCUT2D eigenvalue weighted by atomic mass is 16.1. The van der Waals surface area contributed by atoms with Crippen molar-refractivity contribution in [1.29, 1.82) is 0 Å². The summed E-state index contributed by atoms with van der Waals surface area (Å²) in [6.45, 7) is 8.03. The molecule has 18 heavy (non-hydrogen) atoms. The lowest BCUT2D eigenvalue weighted by atomic mass is 9.69. The Bertz CT molecular complexity index is 255. The molecule has 0 aromatic rings. The van der Waals surface area contributed by atoms with Crippen LogP contribution in [0.5, 0.6) is 0 Å². The summed E-state index contributed by atoms with van der Waals surface area (Å²) in [6, 6.07) is 0.654. The van der Waals surface area contributed by atoms with E-state index >= 15 is 0 Å². The van der Waals surface area contributed by atoms with Crippen molar-refractivity contribution in [3.05, 3.63) is 0 Å². The van der Waals surface area contributed by atoms with Crippen molar-refractivity contribution >= 4 is 5.91 Å². The van der Waals surface area contributed by atoms with E-state index in [1.54, 1.807) is 0 Å². The molecule has 0 atom stereocenters. The van der Waals surface area contributed by atoms with Gasteiger partial charge < -0.3 is 11.1 Å². The molecule has 0 heterocycles. The minimum atomic E-state index is -0.190. The summed E-state index contributed by atoms with van der Waals surface area (Å²) in [6.07, 6.45) is 7.90. The van der Waals surface area contributed by atoms with Gasteiger partial charge in [-0.15, -0.1) is 0 Å². The van der Waals surface area contributed by atoms with Crippen LogP contribution in [0, 0.1) is 11.3 Å². The smallest absolute Gasteiger partial charge is 0.217 e. The van der Waals surface area contributed by atoms with Gasteiger partial charge in [0.25, 0.3) is 0 Å². The number of amides is 1. The molecular formula is C15H30N2O. The van der Waals surface area contributed by atoms with Crippen molar-refractivity contribution in [2.45, 2.75) is 71.8 Å². The fourth-order valence-corrected chi connectivity index (χ4v) is 2.94. The van der Waals surface area contributed by atoms with Crippen molar-refractivity contribution in [2.24, 2.45) is 17.1 Å². The average molecular weight is 254 g/mol. The van der Waals surface area contributed by atoms with Crippen LogP contribution >= 0.6 is 0 Å². The summed E-state index contributed by atoms with van der Waals surface area (Å²) < 4.78 is 0. The highest BCUT2D eigenvalue weighted by Crippen LogP contribution is 2.40. The summed E-state index contributed by atoms with van der Waals surface area (Å²) in [5.74, 6) is 0.691. The van der Waals surface area contributed by atoms with Crippen LogP contribution in [0.3, 0.4) is 0 Å². The quantitative estimate of drug-likeness (QED) is 0.686. The van der Waals surface area contributed by atoms with Gasteiger partial charge in [0.05, 0.1) is 0 Å². The molecule has 1 saturated carbocycles. The number of hydrogen-bond acceptors (Lipinski definition) is 2. The van der Waals surface area contributed by atoms with Crippen LogP contribution in [-0.2, 0) is 4.79 Å². The fraction of sp³-hybridized carbons (Fsp3) is 0.933. The van der Waals surface area contributed by atoms with Gasteiger partial charge in [-0.2, -0.15) is 0 Å². The zero-order chi connectivity index (χ0) is 13.6. The van der Waals surface area contributed by atoms with Gasteiger partial charge in [-0.25, -0.2) is 0 Å². The fourth-order valence-electron chi connectivity index (χ4n) is 2.94. The van der Waals surface area contributed by atoms with Gasteiger partial charge in [-0.1, -0.05) is 27.2 Å². The first-order valence-electron chi connectivity index (χ1n) is 7.47. The second-order valence-electron chi connectivity index (χ2n) is 6.41. The van der Waals surface area contributed by atoms with Crippen molar-refractivity contribution in [3.8, 4) is 0 Å². The Hall–Kier alpha value is -0.570. The molecule has 1 aliphatic carbocycles. The Balaban J connectivity index is 2.17. The molecule has 0 spiro atoms. The standard InChI is InChI=1S/C15H30N2O/c1-4-15(2,3)12-7-9-13(10-8-12)17-11-5-6-14(16)18/h12-13,17H,4-11H2,1-3H3,(H2,16,18). The maximum absolute atomic E-state index is 10.6. The Labute approximate surface area is 112 Å². The number of rotatable bonds is 7. The topological polar surface area (TPSA) is 55.1 Å². The lowest BCUT2D eigenvalue weighted by molar-refractivity contribution is -0.118. The van der Waals surface area contributed by atoms with Crippen LogP contribution in [0.25, 0.3) is 0 Å². The molecule has 3 heteroatoms. The lowest BCUT2D eigenvalue weighted by Gasteiger charge is -2.39. The zero-order valence-electron chi connectivity index (χ0n) is 12.3. The van der Waals surface area contributed by atoms with E-state index < -0.39 is 0 Å². The second kappa shape index (κ2) is 7.13. The van der Waals surface area contributed by atoms with Gasteiger partial charge in [-0.05, 0) is 50.0 Å². The third-order valence-electron chi connectivity index (χ3n) is 4.78. The molecular weight excluding hydrogens is 224 g/mol. The maximum Gasteiger partial charge on any atom is 0.217 e. The molecule has 0 saturated heterocycles. The van der Waals surface area contributed by atoms with Crippen molar-refractivity contribution < 1.29 is 4.79 Å². The van der Waals surface area contributed by atoms with Gasteiger partial charge in [0.2, 0.25) is 5.91 Å². The van der Waals surface area contributed by atoms with E-state index in [0.717, 1.165) is 18.9 Å². The van der Waals surface area contributed by atoms with Gasteiger partial charge in [0.1, 0.15) is 0 Å². The van der Waals surface area contributed by atoms with Crippen molar-refractivity contribution in [2.75, 3.05) is 6.54 Å². The van der Waals surface area contributed by atoms with Crippen molar-refractivity contribution in [1.82, 2.24) is 5.32 Å². The van der Waals surface area contributed by atoms with Crippen LogP contribution in [0.2, 0.25) is 0 Å². The third kappa shape index (κ3) is 4.97. The summed E-state index contributed by atoms with van der Waals surface area (Å²) in [7, 11) is 0. The van der Waals surface area contributed by atoms with Crippen LogP contribution in [0.1, 0.15) is 65.7 Å². The van der Waals surface area contributed by atoms with E-state index in [9.17, 15) is 4.79 Å². The molecule has 0 aromatic carbocycles. The second-order valence-corrected chi connectivity index (χ2v) is 6.41. The highest BCUT2D eigenvalue weighted by molar-refractivity contribution is 5.73. The molecule has 1 amide bonds. The Morgan fingerprint density at radius 2 is 1.89 bits per heavy atom. The Morgan fingerprint density at radius 3 is 2.39 bits per heavy atom. The minimum absolute atomic E-state index is 0.190. The molecule has 0 aliphatic heterocycles. The number of carbonyl (C=O) groups is 1. The summed E-state index contributed by atoms with van der Waals surface area (Å²) in [5, 5.41) is 3.56. The van der Waals surface area contributed by atoms with Gasteiger partial charge in [0.15, 0.2) is 0 Å². The van der Waals surface area contributed by atoms with Gasteiger partial charge >= 0.3 is 0 Å². The normalized spacial score (nSPS) is 25.1. The largest absolute Gasteiger partial charge is 0.370 e.